The van der Waals surface area contributed by atoms with Crippen LogP contribution in [0.1, 0.15) is 79.1 Å². The van der Waals surface area contributed by atoms with E-state index in [0.29, 0.717) is 0 Å². The number of rotatable bonds is 8. The fourth-order valence-electron chi connectivity index (χ4n) is 1.46. The summed E-state index contributed by atoms with van der Waals surface area (Å²) < 4.78 is 8.38. The second-order valence-electron chi connectivity index (χ2n) is 5.49. The molecule has 0 fully saturated rings. The molecule has 0 radical (unpaired) electrons. The van der Waals surface area contributed by atoms with Crippen molar-refractivity contribution in [3.8, 4) is 0 Å². The third-order valence-electron chi connectivity index (χ3n) is 2.56. The standard InChI is InChI=1S/2C8H17.O.Zn/c2*1-4-5-6-7-8(2)3;;/h2*8H,1,4-7H2,2-3H3;;/q2*-1;;. The van der Waals surface area contributed by atoms with E-state index in [0.717, 1.165) is 24.7 Å². The van der Waals surface area contributed by atoms with E-state index in [1.54, 1.807) is 0 Å². The number of hydrogen-bond donors (Lipinski definition) is 0. The van der Waals surface area contributed by atoms with Gasteiger partial charge < -0.3 is 13.8 Å². The van der Waals surface area contributed by atoms with Crippen LogP contribution in [-0.4, -0.2) is 0 Å². The van der Waals surface area contributed by atoms with Crippen LogP contribution in [0.5, 0.6) is 0 Å². The molecular formula is C16H34OZn-2. The van der Waals surface area contributed by atoms with Crippen LogP contribution in [-0.2, 0) is 21.8 Å². The molecule has 18 heavy (non-hydrogen) atoms. The molecule has 0 aromatic heterocycles. The summed E-state index contributed by atoms with van der Waals surface area (Å²) in [6.07, 6.45) is 10.3. The van der Waals surface area contributed by atoms with Crippen LogP contribution < -0.4 is 0 Å². The van der Waals surface area contributed by atoms with E-state index in [1.807, 2.05) is 0 Å². The first-order chi connectivity index (χ1) is 8.54. The monoisotopic (exact) mass is 306 g/mol. The van der Waals surface area contributed by atoms with Crippen LogP contribution >= 0.6 is 0 Å². The molecule has 0 aromatic carbocycles. The van der Waals surface area contributed by atoms with Crippen LogP contribution in [0.2, 0.25) is 0 Å². The Morgan fingerprint density at radius 2 is 1.00 bits per heavy atom. The van der Waals surface area contributed by atoms with Crippen molar-refractivity contribution in [2.24, 2.45) is 11.8 Å². The third kappa shape index (κ3) is 36.0. The predicted octanol–water partition coefficient (Wildman–Crippen LogP) is 5.95. The minimum atomic E-state index is 0.125. The summed E-state index contributed by atoms with van der Waals surface area (Å²) >= 11 is 0.125. The number of hydrogen-bond acceptors (Lipinski definition) is 1. The Bertz CT molecular complexity index is 110. The van der Waals surface area contributed by atoms with Gasteiger partial charge in [-0.25, -0.2) is 0 Å². The maximum absolute atomic E-state index is 8.38. The molecule has 0 aliphatic heterocycles. The van der Waals surface area contributed by atoms with Gasteiger partial charge in [0, 0.05) is 0 Å². The van der Waals surface area contributed by atoms with Crippen molar-refractivity contribution >= 4 is 0 Å². The summed E-state index contributed by atoms with van der Waals surface area (Å²) in [6.45, 7) is 16.6. The van der Waals surface area contributed by atoms with Crippen molar-refractivity contribution in [3.63, 3.8) is 0 Å². The van der Waals surface area contributed by atoms with Gasteiger partial charge in [-0.3, -0.25) is 0 Å². The van der Waals surface area contributed by atoms with E-state index >= 15 is 0 Å². The fourth-order valence-corrected chi connectivity index (χ4v) is 1.46. The van der Waals surface area contributed by atoms with E-state index < -0.39 is 0 Å². The van der Waals surface area contributed by atoms with Gasteiger partial charge in [0.2, 0.25) is 0 Å². The third-order valence-corrected chi connectivity index (χ3v) is 2.56. The normalized spacial score (nSPS) is 9.67. The van der Waals surface area contributed by atoms with Crippen molar-refractivity contribution < 1.29 is 21.8 Å². The average molecular weight is 308 g/mol. The van der Waals surface area contributed by atoms with Gasteiger partial charge in [0.1, 0.15) is 0 Å². The molecule has 0 spiro atoms. The molecule has 0 amide bonds. The number of unbranched alkanes of at least 4 members (excludes halogenated alkanes) is 4. The predicted molar refractivity (Wildman–Crippen MR) is 78.0 cm³/mol. The molecule has 0 aromatic rings. The van der Waals surface area contributed by atoms with Crippen LogP contribution in [0.3, 0.4) is 0 Å². The van der Waals surface area contributed by atoms with Crippen LogP contribution in [0.4, 0.5) is 0 Å². The Morgan fingerprint density at radius 1 is 0.722 bits per heavy atom. The second-order valence-corrected chi connectivity index (χ2v) is 5.49. The quantitative estimate of drug-likeness (QED) is 0.307. The molecular weight excluding hydrogens is 274 g/mol. The van der Waals surface area contributed by atoms with Gasteiger partial charge in [-0.15, -0.1) is 0 Å². The van der Waals surface area contributed by atoms with Crippen LogP contribution in [0, 0.1) is 25.7 Å². The van der Waals surface area contributed by atoms with E-state index in [9.17, 15) is 0 Å². The second kappa shape index (κ2) is 22.6. The fraction of sp³-hybridized carbons (Fsp3) is 0.875. The minimum absolute atomic E-state index is 0.125. The van der Waals surface area contributed by atoms with E-state index in [1.165, 1.54) is 38.5 Å². The zero-order chi connectivity index (χ0) is 14.8. The van der Waals surface area contributed by atoms with Crippen LogP contribution in [0.25, 0.3) is 0 Å². The molecule has 0 aliphatic carbocycles. The summed E-state index contributed by atoms with van der Waals surface area (Å²) in [5, 5.41) is 0. The summed E-state index contributed by atoms with van der Waals surface area (Å²) in [5.74, 6) is 1.75. The molecule has 0 aliphatic rings. The molecule has 108 valence electrons. The summed E-state index contributed by atoms with van der Waals surface area (Å²) in [5.41, 5.74) is 0. The van der Waals surface area contributed by atoms with Crippen molar-refractivity contribution in [1.82, 2.24) is 0 Å². The van der Waals surface area contributed by atoms with E-state index in [2.05, 4.69) is 41.5 Å². The van der Waals surface area contributed by atoms with Gasteiger partial charge in [-0.05, 0) is 11.8 Å². The molecule has 0 heterocycles. The van der Waals surface area contributed by atoms with Crippen molar-refractivity contribution in [3.05, 3.63) is 13.8 Å². The molecule has 0 saturated carbocycles. The van der Waals surface area contributed by atoms with E-state index in [4.69, 9.17) is 3.57 Å². The van der Waals surface area contributed by atoms with Gasteiger partial charge in [0.05, 0.1) is 0 Å². The first-order valence-electron chi connectivity index (χ1n) is 7.41. The van der Waals surface area contributed by atoms with E-state index in [-0.39, 0.29) is 18.3 Å². The molecule has 0 N–H and O–H groups in total. The van der Waals surface area contributed by atoms with Crippen molar-refractivity contribution in [2.75, 3.05) is 0 Å². The Kier molecular flexibility index (Phi) is 29.5. The molecule has 1 nitrogen and oxygen atoms in total. The first kappa shape index (κ1) is 23.5. The van der Waals surface area contributed by atoms with Gasteiger partial charge in [0.25, 0.3) is 0 Å². The van der Waals surface area contributed by atoms with Crippen molar-refractivity contribution in [1.29, 1.82) is 0 Å². The van der Waals surface area contributed by atoms with Crippen LogP contribution in [0.15, 0.2) is 0 Å². The maximum atomic E-state index is 8.38. The van der Waals surface area contributed by atoms with Crippen molar-refractivity contribution in [2.45, 2.75) is 79.1 Å². The summed E-state index contributed by atoms with van der Waals surface area (Å²) in [7, 11) is 0. The zero-order valence-electron chi connectivity index (χ0n) is 13.3. The first-order valence-corrected chi connectivity index (χ1v) is 8.63. The Balaban J connectivity index is -0.000000219. The molecule has 0 rings (SSSR count). The van der Waals surface area contributed by atoms with Gasteiger partial charge in [-0.1, -0.05) is 66.2 Å². The van der Waals surface area contributed by atoms with Gasteiger partial charge in [0.15, 0.2) is 0 Å². The molecule has 0 unspecified atom stereocenters. The van der Waals surface area contributed by atoms with Gasteiger partial charge >= 0.3 is 21.8 Å². The SMILES string of the molecule is [CH2-]CCCCC(C)C.[CH2-]CCCCC(C)C.[O]=[Zn]. The zero-order valence-corrected chi connectivity index (χ0v) is 16.3. The molecule has 0 atom stereocenters. The Morgan fingerprint density at radius 3 is 1.17 bits per heavy atom. The molecule has 0 saturated heterocycles. The molecule has 0 bridgehead atoms. The Hall–Kier alpha value is 0.423. The molecule has 2 heteroatoms. The Labute approximate surface area is 126 Å². The average Bonchev–Trinajstić information content (AvgIpc) is 2.32. The summed E-state index contributed by atoms with van der Waals surface area (Å²) in [4.78, 5) is 0. The summed E-state index contributed by atoms with van der Waals surface area (Å²) in [6, 6.07) is 0. The topological polar surface area (TPSA) is 17.1 Å². The van der Waals surface area contributed by atoms with Gasteiger partial charge in [-0.2, -0.15) is 12.8 Å².